The Kier molecular flexibility index (Phi) is 14.2. The first kappa shape index (κ1) is 46.3. The molecule has 0 aliphatic carbocycles. The summed E-state index contributed by atoms with van der Waals surface area (Å²) in [4.78, 5) is 68.9. The summed E-state index contributed by atoms with van der Waals surface area (Å²) in [5.41, 5.74) is 6.26. The van der Waals surface area contributed by atoms with E-state index in [0.717, 1.165) is 49.1 Å². The lowest BCUT2D eigenvalue weighted by Gasteiger charge is -2.36. The third-order valence-electron chi connectivity index (χ3n) is 11.6. The summed E-state index contributed by atoms with van der Waals surface area (Å²) in [6.07, 6.45) is 3.92. The number of ether oxygens (including phenoxy) is 1. The predicted molar refractivity (Wildman–Crippen MR) is 244 cm³/mol. The number of benzene rings is 2. The van der Waals surface area contributed by atoms with Crippen molar-refractivity contribution in [2.24, 2.45) is 16.2 Å². The van der Waals surface area contributed by atoms with E-state index in [9.17, 15) is 24.3 Å². The molecule has 5 aromatic rings. The summed E-state index contributed by atoms with van der Waals surface area (Å²) < 4.78 is 6.15. The third-order valence-corrected chi connectivity index (χ3v) is 12.5. The van der Waals surface area contributed by atoms with Crippen LogP contribution < -0.4 is 16.0 Å². The van der Waals surface area contributed by atoms with Gasteiger partial charge >= 0.3 is 0 Å². The lowest BCUT2D eigenvalue weighted by molar-refractivity contribution is -0.144. The highest BCUT2D eigenvalue weighted by atomic mass is 32.1. The van der Waals surface area contributed by atoms with E-state index in [4.69, 9.17) is 4.74 Å². The SMILES string of the molecule is Cc1ncsc1-c1ccc([C@H](C)NC(=O)[C@@H]2C[C@@H](O)CN2C(=O)[C@@H](NC(=O)CC(C)(C)COCC(C)(C)CNC(=O)CCc2ccc3c(c2)[nH]c2ccncc23)C(C)(C)C)cc1. The van der Waals surface area contributed by atoms with Crippen molar-refractivity contribution in [2.45, 2.75) is 112 Å². The fourth-order valence-corrected chi connectivity index (χ4v) is 8.81. The first-order valence-electron chi connectivity index (χ1n) is 21.5. The lowest BCUT2D eigenvalue weighted by Crippen LogP contribution is -2.58. The molecule has 14 heteroatoms. The maximum Gasteiger partial charge on any atom is 0.246 e. The molecule has 2 aromatic carbocycles. The maximum absolute atomic E-state index is 14.2. The van der Waals surface area contributed by atoms with Gasteiger partial charge in [0.05, 0.1) is 41.4 Å². The molecule has 1 saturated heterocycles. The van der Waals surface area contributed by atoms with Crippen molar-refractivity contribution in [3.8, 4) is 10.4 Å². The topological polar surface area (TPSA) is 179 Å². The van der Waals surface area contributed by atoms with Gasteiger partial charge in [0.15, 0.2) is 0 Å². The van der Waals surface area contributed by atoms with Crippen LogP contribution in [-0.2, 0) is 30.3 Å². The molecular weight excluding hydrogens is 803 g/mol. The van der Waals surface area contributed by atoms with E-state index in [1.54, 1.807) is 17.5 Å². The molecule has 0 spiro atoms. The summed E-state index contributed by atoms with van der Waals surface area (Å²) in [6.45, 7) is 18.5. The van der Waals surface area contributed by atoms with Crippen LogP contribution in [0.15, 0.2) is 66.4 Å². The zero-order chi connectivity index (χ0) is 45.0. The highest BCUT2D eigenvalue weighted by Crippen LogP contribution is 2.31. The van der Waals surface area contributed by atoms with Gasteiger partial charge in [-0.05, 0) is 59.9 Å². The first-order chi connectivity index (χ1) is 29.2. The van der Waals surface area contributed by atoms with Crippen molar-refractivity contribution in [1.82, 2.24) is 35.8 Å². The number of rotatable bonds is 17. The number of hydrogen-bond donors (Lipinski definition) is 5. The Hall–Kier alpha value is -5.18. The smallest absolute Gasteiger partial charge is 0.246 e. The Labute approximate surface area is 368 Å². The van der Waals surface area contributed by atoms with Crippen molar-refractivity contribution in [3.63, 3.8) is 0 Å². The number of thiazole rings is 1. The molecule has 1 fully saturated rings. The normalized spacial score (nSPS) is 17.0. The number of aliphatic hydroxyl groups is 1. The van der Waals surface area contributed by atoms with Crippen LogP contribution in [0.2, 0.25) is 0 Å². The quantitative estimate of drug-likeness (QED) is 0.0662. The number of hydrogen-bond acceptors (Lipinski definition) is 9. The van der Waals surface area contributed by atoms with Crippen LogP contribution in [0.5, 0.6) is 0 Å². The molecule has 0 radical (unpaired) electrons. The number of aliphatic hydroxyl groups excluding tert-OH is 1. The Morgan fingerprint density at radius 2 is 1.66 bits per heavy atom. The summed E-state index contributed by atoms with van der Waals surface area (Å²) in [7, 11) is 0. The molecule has 4 heterocycles. The van der Waals surface area contributed by atoms with Gasteiger partial charge in [0.1, 0.15) is 12.1 Å². The molecule has 0 bridgehead atoms. The molecule has 13 nitrogen and oxygen atoms in total. The Balaban J connectivity index is 0.959. The van der Waals surface area contributed by atoms with Crippen LogP contribution in [0.4, 0.5) is 0 Å². The summed E-state index contributed by atoms with van der Waals surface area (Å²) in [5, 5.41) is 22.0. The van der Waals surface area contributed by atoms with E-state index in [2.05, 4.69) is 49.1 Å². The zero-order valence-corrected chi connectivity index (χ0v) is 38.4. The van der Waals surface area contributed by atoms with Gasteiger partial charge in [0.2, 0.25) is 23.6 Å². The number of aromatic amines is 1. The minimum Gasteiger partial charge on any atom is -0.391 e. The number of β-amino-alcohol motifs (C(OH)–C–C–N with tert-alkyl or cyclic N) is 1. The van der Waals surface area contributed by atoms with Crippen molar-refractivity contribution < 1.29 is 29.0 Å². The minimum atomic E-state index is -0.941. The van der Waals surface area contributed by atoms with E-state index in [1.807, 2.05) is 104 Å². The highest BCUT2D eigenvalue weighted by Gasteiger charge is 2.45. The number of fused-ring (bicyclic) bond motifs is 3. The van der Waals surface area contributed by atoms with Crippen LogP contribution in [0, 0.1) is 23.2 Å². The number of amides is 4. The second kappa shape index (κ2) is 19.1. The van der Waals surface area contributed by atoms with Crippen LogP contribution in [-0.4, -0.2) is 93.1 Å². The van der Waals surface area contributed by atoms with Gasteiger partial charge in [-0.1, -0.05) is 84.9 Å². The zero-order valence-electron chi connectivity index (χ0n) is 37.6. The van der Waals surface area contributed by atoms with Gasteiger partial charge in [0, 0.05) is 72.0 Å². The van der Waals surface area contributed by atoms with Crippen molar-refractivity contribution in [3.05, 3.63) is 83.3 Å². The van der Waals surface area contributed by atoms with Gasteiger partial charge in [-0.15, -0.1) is 11.3 Å². The monoisotopic (exact) mass is 865 g/mol. The van der Waals surface area contributed by atoms with Crippen LogP contribution in [0.1, 0.15) is 97.5 Å². The second-order valence-electron chi connectivity index (χ2n) is 19.6. The van der Waals surface area contributed by atoms with E-state index >= 15 is 0 Å². The number of nitrogens with zero attached hydrogens (tertiary/aromatic N) is 3. The Bertz CT molecular complexity index is 2380. The maximum atomic E-state index is 14.2. The molecule has 6 rings (SSSR count). The van der Waals surface area contributed by atoms with Gasteiger partial charge < -0.3 is 35.7 Å². The fourth-order valence-electron chi connectivity index (χ4n) is 8.00. The van der Waals surface area contributed by atoms with Gasteiger partial charge in [0.25, 0.3) is 0 Å². The van der Waals surface area contributed by atoms with Gasteiger partial charge in [-0.2, -0.15) is 0 Å². The third kappa shape index (κ3) is 11.6. The second-order valence-corrected chi connectivity index (χ2v) is 20.4. The van der Waals surface area contributed by atoms with Crippen molar-refractivity contribution in [2.75, 3.05) is 26.3 Å². The standard InChI is InChI=1S/C48H63N7O6S/c1-29(32-12-14-33(15-13-32)42-30(2)51-28-62-42)52-44(59)39-21-34(56)24-55(39)45(60)43(46(3,4)5)54-41(58)22-47(6,7)26-61-27-48(8,9)25-50-40(57)17-11-31-10-16-35-36-23-49-19-18-37(36)53-38(35)20-31/h10,12-16,18-20,23,28-29,34,39,43,53,56H,11,17,21-22,24-27H2,1-9H3,(H,50,57)(H,52,59)(H,54,58)/t29-,34+,39-,43+/m0/s1. The van der Waals surface area contributed by atoms with E-state index in [0.29, 0.717) is 26.0 Å². The molecule has 0 unspecified atom stereocenters. The molecule has 4 amide bonds. The summed E-state index contributed by atoms with van der Waals surface area (Å²) in [6, 6.07) is 14.0. The number of aryl methyl sites for hydroxylation is 2. The van der Waals surface area contributed by atoms with E-state index in [1.165, 1.54) is 4.90 Å². The summed E-state index contributed by atoms with van der Waals surface area (Å²) in [5.74, 6) is -1.12. The Morgan fingerprint density at radius 1 is 0.935 bits per heavy atom. The molecule has 5 N–H and O–H groups in total. The minimum absolute atomic E-state index is 0.00748. The van der Waals surface area contributed by atoms with Gasteiger partial charge in [-0.25, -0.2) is 4.98 Å². The molecule has 0 saturated carbocycles. The van der Waals surface area contributed by atoms with E-state index < -0.39 is 34.9 Å². The lowest BCUT2D eigenvalue weighted by atomic mass is 9.84. The van der Waals surface area contributed by atoms with Crippen LogP contribution in [0.25, 0.3) is 32.2 Å². The molecule has 1 aliphatic heterocycles. The van der Waals surface area contributed by atoms with Gasteiger partial charge in [-0.3, -0.25) is 24.2 Å². The number of carbonyl (C=O) groups is 4. The summed E-state index contributed by atoms with van der Waals surface area (Å²) >= 11 is 1.58. The molecule has 3 aromatic heterocycles. The molecule has 62 heavy (non-hydrogen) atoms. The highest BCUT2D eigenvalue weighted by molar-refractivity contribution is 7.13. The van der Waals surface area contributed by atoms with Crippen LogP contribution in [0.3, 0.4) is 0 Å². The molecular formula is C48H63N7O6S. The number of pyridine rings is 1. The average Bonchev–Trinajstić information content (AvgIpc) is 3.93. The number of likely N-dealkylation sites (tertiary alicyclic amines) is 1. The van der Waals surface area contributed by atoms with E-state index in [-0.39, 0.29) is 55.2 Å². The predicted octanol–water partition coefficient (Wildman–Crippen LogP) is 7.03. The number of carbonyl (C=O) groups excluding carboxylic acids is 4. The average molecular weight is 866 g/mol. The fraction of sp³-hybridized carbons (Fsp3) is 0.500. The van der Waals surface area contributed by atoms with Crippen LogP contribution >= 0.6 is 11.3 Å². The number of H-pyrrole nitrogens is 1. The molecule has 332 valence electrons. The van der Waals surface area contributed by atoms with Crippen molar-refractivity contribution >= 4 is 56.8 Å². The molecule has 1 aliphatic rings. The van der Waals surface area contributed by atoms with Crippen molar-refractivity contribution in [1.29, 1.82) is 0 Å². The number of nitrogens with one attached hydrogen (secondary N) is 4. The largest absolute Gasteiger partial charge is 0.391 e. The Morgan fingerprint density at radius 3 is 2.35 bits per heavy atom. The number of aromatic nitrogens is 3. The first-order valence-corrected chi connectivity index (χ1v) is 22.4. The molecule has 4 atom stereocenters.